The molecule has 4 heteroatoms. The molecule has 3 rings (SSSR count). The average molecular weight is 297 g/mol. The van der Waals surface area contributed by atoms with Gasteiger partial charge in [0.05, 0.1) is 5.41 Å². The second kappa shape index (κ2) is 5.03. The van der Waals surface area contributed by atoms with Crippen molar-refractivity contribution >= 4 is 17.6 Å². The van der Waals surface area contributed by atoms with Crippen molar-refractivity contribution in [1.82, 2.24) is 0 Å². The van der Waals surface area contributed by atoms with E-state index in [2.05, 4.69) is 0 Å². The van der Waals surface area contributed by atoms with E-state index in [9.17, 15) is 9.18 Å². The van der Waals surface area contributed by atoms with E-state index in [0.717, 1.165) is 37.7 Å². The van der Waals surface area contributed by atoms with Crippen LogP contribution in [0.3, 0.4) is 0 Å². The van der Waals surface area contributed by atoms with Gasteiger partial charge in [0.15, 0.2) is 0 Å². The second-order valence-electron chi connectivity index (χ2n) is 6.09. The summed E-state index contributed by atoms with van der Waals surface area (Å²) in [7, 11) is 0. The molecule has 1 aliphatic carbocycles. The van der Waals surface area contributed by atoms with Gasteiger partial charge in [-0.15, -0.1) is 0 Å². The van der Waals surface area contributed by atoms with Crippen molar-refractivity contribution in [3.8, 4) is 0 Å². The molecule has 20 heavy (non-hydrogen) atoms. The summed E-state index contributed by atoms with van der Waals surface area (Å²) in [4.78, 5) is 12.1. The summed E-state index contributed by atoms with van der Waals surface area (Å²) in [6.07, 6.45) is 4.94. The van der Waals surface area contributed by atoms with E-state index in [-0.39, 0.29) is 18.8 Å². The molecule has 1 saturated carbocycles. The van der Waals surface area contributed by atoms with Crippen molar-refractivity contribution < 1.29 is 13.9 Å². The molecule has 1 aromatic rings. The van der Waals surface area contributed by atoms with E-state index in [1.54, 1.807) is 24.3 Å². The van der Waals surface area contributed by atoms with Crippen molar-refractivity contribution in [3.05, 3.63) is 34.9 Å². The predicted octanol–water partition coefficient (Wildman–Crippen LogP) is 4.45. The molecule has 0 amide bonds. The summed E-state index contributed by atoms with van der Waals surface area (Å²) in [5, 5.41) is 0.619. The van der Waals surface area contributed by atoms with Gasteiger partial charge in [-0.25, -0.2) is 0 Å². The molecule has 0 aromatic heterocycles. The number of hydrogen-bond donors (Lipinski definition) is 0. The molecular weight excluding hydrogens is 279 g/mol. The Morgan fingerprint density at radius 3 is 2.45 bits per heavy atom. The molecule has 2 fully saturated rings. The number of alkyl halides is 1. The Morgan fingerprint density at radius 1 is 1.15 bits per heavy atom. The fraction of sp³-hybridized carbons (Fsp3) is 0.562. The first-order valence-electron chi connectivity index (χ1n) is 7.18. The van der Waals surface area contributed by atoms with Crippen LogP contribution in [0.25, 0.3) is 0 Å². The van der Waals surface area contributed by atoms with Crippen LogP contribution in [0, 0.1) is 5.41 Å². The largest absolute Gasteiger partial charge is 0.428 e. The number of rotatable bonds is 2. The lowest BCUT2D eigenvalue weighted by molar-refractivity contribution is -0.167. The van der Waals surface area contributed by atoms with Gasteiger partial charge in [-0.2, -0.15) is 4.39 Å². The quantitative estimate of drug-likeness (QED) is 0.754. The van der Waals surface area contributed by atoms with Gasteiger partial charge in [0.25, 0.3) is 5.85 Å². The second-order valence-corrected chi connectivity index (χ2v) is 6.53. The average Bonchev–Trinajstić information content (AvgIpc) is 2.64. The van der Waals surface area contributed by atoms with E-state index in [1.807, 2.05) is 0 Å². The van der Waals surface area contributed by atoms with Crippen molar-refractivity contribution in [2.75, 3.05) is 0 Å². The van der Waals surface area contributed by atoms with Crippen LogP contribution in [0.4, 0.5) is 4.39 Å². The van der Waals surface area contributed by atoms with Crippen molar-refractivity contribution in [2.45, 2.75) is 50.8 Å². The molecule has 2 nitrogen and oxygen atoms in total. The van der Waals surface area contributed by atoms with Crippen molar-refractivity contribution in [3.63, 3.8) is 0 Å². The number of benzene rings is 1. The zero-order chi connectivity index (χ0) is 14.2. The lowest BCUT2D eigenvalue weighted by Gasteiger charge is -2.29. The molecule has 1 heterocycles. The Balaban J connectivity index is 1.76. The molecule has 1 aliphatic heterocycles. The van der Waals surface area contributed by atoms with Crippen LogP contribution in [0.15, 0.2) is 24.3 Å². The van der Waals surface area contributed by atoms with Gasteiger partial charge >= 0.3 is 5.97 Å². The van der Waals surface area contributed by atoms with Crippen LogP contribution in [0.2, 0.25) is 5.02 Å². The Bertz CT molecular complexity index is 508. The van der Waals surface area contributed by atoms with Crippen LogP contribution in [-0.4, -0.2) is 11.8 Å². The third-order valence-electron chi connectivity index (χ3n) is 4.50. The van der Waals surface area contributed by atoms with Gasteiger partial charge in [-0.1, -0.05) is 43.0 Å². The molecular formula is C16H18ClFO2. The minimum Gasteiger partial charge on any atom is -0.428 e. The highest BCUT2D eigenvalue weighted by Crippen LogP contribution is 2.51. The van der Waals surface area contributed by atoms with E-state index in [4.69, 9.17) is 16.3 Å². The molecule has 2 aliphatic rings. The highest BCUT2D eigenvalue weighted by molar-refractivity contribution is 6.30. The van der Waals surface area contributed by atoms with Crippen LogP contribution < -0.4 is 0 Å². The van der Waals surface area contributed by atoms with Gasteiger partial charge < -0.3 is 4.74 Å². The molecule has 0 N–H and O–H groups in total. The van der Waals surface area contributed by atoms with Crippen LogP contribution in [0.5, 0.6) is 0 Å². The first-order valence-corrected chi connectivity index (χ1v) is 7.56. The summed E-state index contributed by atoms with van der Waals surface area (Å²) < 4.78 is 20.0. The first-order chi connectivity index (χ1) is 9.51. The molecule has 1 saturated heterocycles. The van der Waals surface area contributed by atoms with Crippen LogP contribution >= 0.6 is 11.6 Å². The number of carbonyl (C=O) groups is 1. The lowest BCUT2D eigenvalue weighted by atomic mass is 9.71. The highest BCUT2D eigenvalue weighted by Gasteiger charge is 2.57. The monoisotopic (exact) mass is 296 g/mol. The molecule has 1 unspecified atom stereocenters. The maximum Gasteiger partial charge on any atom is 0.315 e. The molecule has 1 atom stereocenters. The minimum absolute atomic E-state index is 0.109. The zero-order valence-electron chi connectivity index (χ0n) is 11.3. The summed E-state index contributed by atoms with van der Waals surface area (Å²) in [5.74, 6) is -2.20. The Morgan fingerprint density at radius 2 is 1.80 bits per heavy atom. The molecule has 0 radical (unpaired) electrons. The van der Waals surface area contributed by atoms with Gasteiger partial charge in [-0.05, 0) is 30.5 Å². The first kappa shape index (κ1) is 13.9. The Hall–Kier alpha value is -1.09. The minimum atomic E-state index is -1.86. The van der Waals surface area contributed by atoms with E-state index < -0.39 is 11.3 Å². The number of halogens is 2. The standard InChI is InChI=1S/C16H18ClFO2/c17-13-6-4-12(5-7-13)10-16(18)11-15(14(19)20-16)8-2-1-3-9-15/h4-7H,1-3,8-11H2. The van der Waals surface area contributed by atoms with Crippen molar-refractivity contribution in [2.24, 2.45) is 5.41 Å². The fourth-order valence-electron chi connectivity index (χ4n) is 3.50. The van der Waals surface area contributed by atoms with Crippen LogP contribution in [-0.2, 0) is 16.0 Å². The summed E-state index contributed by atoms with van der Waals surface area (Å²) in [5.41, 5.74) is 0.233. The normalized spacial score (nSPS) is 28.6. The fourth-order valence-corrected chi connectivity index (χ4v) is 3.63. The summed E-state index contributed by atoms with van der Waals surface area (Å²) in [6.45, 7) is 0. The zero-order valence-corrected chi connectivity index (χ0v) is 12.1. The topological polar surface area (TPSA) is 26.3 Å². The Labute approximate surface area is 123 Å². The highest BCUT2D eigenvalue weighted by atomic mass is 35.5. The van der Waals surface area contributed by atoms with Gasteiger partial charge in [-0.3, -0.25) is 4.79 Å². The summed E-state index contributed by atoms with van der Waals surface area (Å²) >= 11 is 5.82. The molecule has 1 spiro atoms. The summed E-state index contributed by atoms with van der Waals surface area (Å²) in [6, 6.07) is 7.02. The molecule has 1 aromatic carbocycles. The van der Waals surface area contributed by atoms with E-state index in [0.29, 0.717) is 5.02 Å². The third kappa shape index (κ3) is 2.56. The number of esters is 1. The maximum absolute atomic E-state index is 14.9. The van der Waals surface area contributed by atoms with Gasteiger partial charge in [0.2, 0.25) is 0 Å². The third-order valence-corrected chi connectivity index (χ3v) is 4.75. The number of hydrogen-bond acceptors (Lipinski definition) is 2. The SMILES string of the molecule is O=C1OC(F)(Cc2ccc(Cl)cc2)CC12CCCCC2. The van der Waals surface area contributed by atoms with Crippen molar-refractivity contribution in [1.29, 1.82) is 0 Å². The van der Waals surface area contributed by atoms with Gasteiger partial charge in [0.1, 0.15) is 0 Å². The number of carbonyl (C=O) groups excluding carboxylic acids is 1. The van der Waals surface area contributed by atoms with E-state index in [1.165, 1.54) is 0 Å². The number of cyclic esters (lactones) is 1. The van der Waals surface area contributed by atoms with E-state index >= 15 is 0 Å². The smallest absolute Gasteiger partial charge is 0.315 e. The molecule has 108 valence electrons. The maximum atomic E-state index is 14.9. The molecule has 0 bridgehead atoms. The van der Waals surface area contributed by atoms with Gasteiger partial charge in [0, 0.05) is 17.9 Å². The predicted molar refractivity (Wildman–Crippen MR) is 75.2 cm³/mol. The Kier molecular flexibility index (Phi) is 3.49. The van der Waals surface area contributed by atoms with Crippen LogP contribution in [0.1, 0.15) is 44.1 Å². The lowest BCUT2D eigenvalue weighted by Crippen LogP contribution is -2.30. The number of ether oxygens (including phenoxy) is 1.